The van der Waals surface area contributed by atoms with Crippen LogP contribution in [0.1, 0.15) is 5.56 Å². The molecule has 5 heteroatoms. The van der Waals surface area contributed by atoms with Crippen molar-refractivity contribution in [1.82, 2.24) is 9.88 Å². The average molecular weight is 226 g/mol. The molecule has 1 heterocycles. The minimum Gasteiger partial charge on any atom is -0.383 e. The molecule has 0 aliphatic carbocycles. The zero-order valence-corrected chi connectivity index (χ0v) is 9.32. The molecule has 0 aliphatic heterocycles. The molecular weight excluding hydrogens is 214 g/mol. The third-order valence-corrected chi connectivity index (χ3v) is 1.97. The van der Waals surface area contributed by atoms with E-state index in [-0.39, 0.29) is 5.91 Å². The highest BCUT2D eigenvalue weighted by molar-refractivity contribution is 6.30. The lowest BCUT2D eigenvalue weighted by molar-refractivity contribution is -0.123. The summed E-state index contributed by atoms with van der Waals surface area (Å²) in [5, 5.41) is 0.487. The Labute approximate surface area is 93.4 Å². The fourth-order valence-electron chi connectivity index (χ4n) is 0.909. The summed E-state index contributed by atoms with van der Waals surface area (Å²) in [6, 6.07) is 1.66. The number of anilines is 1. The third-order valence-electron chi connectivity index (χ3n) is 1.76. The van der Waals surface area contributed by atoms with Crippen LogP contribution < -0.4 is 5.73 Å². The first-order chi connectivity index (χ1) is 7.00. The SMILES string of the molecule is CN(C)C(=O)/C=C/c1cc(Cl)cnc1N. The van der Waals surface area contributed by atoms with E-state index in [0.29, 0.717) is 16.4 Å². The number of carbonyl (C=O) groups excluding carboxylic acids is 1. The standard InChI is InChI=1S/C10H12ClN3O/c1-14(2)9(15)4-3-7-5-8(11)6-13-10(7)12/h3-6H,1-2H3,(H2,12,13)/b4-3+. The first-order valence-electron chi connectivity index (χ1n) is 4.31. The Hall–Kier alpha value is -1.55. The van der Waals surface area contributed by atoms with E-state index in [2.05, 4.69) is 4.98 Å². The van der Waals surface area contributed by atoms with Gasteiger partial charge in [0.15, 0.2) is 0 Å². The first-order valence-corrected chi connectivity index (χ1v) is 4.69. The van der Waals surface area contributed by atoms with Crippen molar-refractivity contribution in [2.24, 2.45) is 0 Å². The molecule has 80 valence electrons. The summed E-state index contributed by atoms with van der Waals surface area (Å²) in [6.45, 7) is 0. The largest absolute Gasteiger partial charge is 0.383 e. The number of pyridine rings is 1. The normalized spacial score (nSPS) is 10.6. The lowest BCUT2D eigenvalue weighted by Gasteiger charge is -2.05. The summed E-state index contributed by atoms with van der Waals surface area (Å²) >= 11 is 5.75. The van der Waals surface area contributed by atoms with Gasteiger partial charge in [-0.1, -0.05) is 11.6 Å². The Bertz CT molecular complexity index is 402. The third kappa shape index (κ3) is 3.25. The van der Waals surface area contributed by atoms with Crippen LogP contribution in [0.3, 0.4) is 0 Å². The highest BCUT2D eigenvalue weighted by atomic mass is 35.5. The van der Waals surface area contributed by atoms with Crippen LogP contribution in [0.25, 0.3) is 6.08 Å². The molecule has 0 radical (unpaired) electrons. The van der Waals surface area contributed by atoms with Crippen molar-refractivity contribution >= 4 is 29.4 Å². The molecule has 1 aromatic heterocycles. The van der Waals surface area contributed by atoms with Crippen molar-refractivity contribution in [3.8, 4) is 0 Å². The average Bonchev–Trinajstić information content (AvgIpc) is 2.18. The number of halogens is 1. The summed E-state index contributed by atoms with van der Waals surface area (Å²) < 4.78 is 0. The summed E-state index contributed by atoms with van der Waals surface area (Å²) in [5.41, 5.74) is 6.24. The summed E-state index contributed by atoms with van der Waals surface area (Å²) in [4.78, 5) is 16.6. The number of likely N-dealkylation sites (N-methyl/N-ethyl adjacent to an activating group) is 1. The minimum absolute atomic E-state index is 0.116. The second-order valence-electron chi connectivity index (χ2n) is 3.19. The topological polar surface area (TPSA) is 59.2 Å². The Kier molecular flexibility index (Phi) is 3.68. The maximum absolute atomic E-state index is 11.3. The molecule has 1 rings (SSSR count). The molecule has 15 heavy (non-hydrogen) atoms. The number of aromatic nitrogens is 1. The molecule has 1 aromatic rings. The highest BCUT2D eigenvalue weighted by Gasteiger charge is 2.00. The zero-order valence-electron chi connectivity index (χ0n) is 8.57. The molecule has 2 N–H and O–H groups in total. The van der Waals surface area contributed by atoms with E-state index in [1.165, 1.54) is 17.2 Å². The zero-order chi connectivity index (χ0) is 11.4. The highest BCUT2D eigenvalue weighted by Crippen LogP contribution is 2.16. The van der Waals surface area contributed by atoms with E-state index in [0.717, 1.165) is 0 Å². The van der Waals surface area contributed by atoms with Crippen LogP contribution in [0.5, 0.6) is 0 Å². The van der Waals surface area contributed by atoms with Gasteiger partial charge >= 0.3 is 0 Å². The maximum atomic E-state index is 11.3. The van der Waals surface area contributed by atoms with Crippen molar-refractivity contribution in [2.75, 3.05) is 19.8 Å². The van der Waals surface area contributed by atoms with Crippen molar-refractivity contribution in [3.05, 3.63) is 28.9 Å². The van der Waals surface area contributed by atoms with Gasteiger partial charge < -0.3 is 10.6 Å². The van der Waals surface area contributed by atoms with Crippen molar-refractivity contribution in [2.45, 2.75) is 0 Å². The number of nitrogens with two attached hydrogens (primary N) is 1. The molecule has 0 atom stereocenters. The fourth-order valence-corrected chi connectivity index (χ4v) is 1.08. The van der Waals surface area contributed by atoms with Gasteiger partial charge in [0.25, 0.3) is 0 Å². The van der Waals surface area contributed by atoms with Crippen LogP contribution in [-0.2, 0) is 4.79 Å². The van der Waals surface area contributed by atoms with Gasteiger partial charge in [0.1, 0.15) is 5.82 Å². The number of nitrogen functional groups attached to an aromatic ring is 1. The number of carbonyl (C=O) groups is 1. The van der Waals surface area contributed by atoms with Crippen molar-refractivity contribution in [3.63, 3.8) is 0 Å². The Morgan fingerprint density at radius 2 is 2.27 bits per heavy atom. The molecule has 0 aliphatic rings. The van der Waals surface area contributed by atoms with Crippen LogP contribution in [0.2, 0.25) is 5.02 Å². The molecule has 1 amide bonds. The van der Waals surface area contributed by atoms with Gasteiger partial charge in [-0.05, 0) is 12.1 Å². The second-order valence-corrected chi connectivity index (χ2v) is 3.63. The number of amides is 1. The van der Waals surface area contributed by atoms with Crippen LogP contribution in [0.4, 0.5) is 5.82 Å². The molecule has 0 aromatic carbocycles. The van der Waals surface area contributed by atoms with Crippen LogP contribution in [0, 0.1) is 0 Å². The lowest BCUT2D eigenvalue weighted by Crippen LogP contribution is -2.18. The number of nitrogens with zero attached hydrogens (tertiary/aromatic N) is 2. The van der Waals surface area contributed by atoms with E-state index in [4.69, 9.17) is 17.3 Å². The number of hydrogen-bond donors (Lipinski definition) is 1. The van der Waals surface area contributed by atoms with Gasteiger partial charge in [-0.2, -0.15) is 0 Å². The van der Waals surface area contributed by atoms with Gasteiger partial charge in [-0.25, -0.2) is 4.98 Å². The quantitative estimate of drug-likeness (QED) is 0.775. The minimum atomic E-state index is -0.116. The van der Waals surface area contributed by atoms with Gasteiger partial charge in [0, 0.05) is 31.9 Å². The van der Waals surface area contributed by atoms with Crippen LogP contribution in [0.15, 0.2) is 18.3 Å². The van der Waals surface area contributed by atoms with Crippen LogP contribution in [-0.4, -0.2) is 29.9 Å². The molecule has 0 saturated heterocycles. The predicted octanol–water partition coefficient (Wildman–Crippen LogP) is 1.42. The number of rotatable bonds is 2. The summed E-state index contributed by atoms with van der Waals surface area (Å²) in [6.07, 6.45) is 4.47. The molecule has 0 bridgehead atoms. The Morgan fingerprint density at radius 3 is 2.87 bits per heavy atom. The van der Waals surface area contributed by atoms with Gasteiger partial charge in [-0.15, -0.1) is 0 Å². The summed E-state index contributed by atoms with van der Waals surface area (Å²) in [7, 11) is 3.35. The van der Waals surface area contributed by atoms with E-state index in [9.17, 15) is 4.79 Å². The lowest BCUT2D eigenvalue weighted by atomic mass is 10.2. The Balaban J connectivity index is 2.89. The Morgan fingerprint density at radius 1 is 1.60 bits per heavy atom. The van der Waals surface area contributed by atoms with Gasteiger partial charge in [0.2, 0.25) is 5.91 Å². The number of hydrogen-bond acceptors (Lipinski definition) is 3. The van der Waals surface area contributed by atoms with E-state index in [1.807, 2.05) is 0 Å². The molecule has 0 saturated carbocycles. The second kappa shape index (κ2) is 4.79. The van der Waals surface area contributed by atoms with Gasteiger partial charge in [-0.3, -0.25) is 4.79 Å². The van der Waals surface area contributed by atoms with E-state index < -0.39 is 0 Å². The summed E-state index contributed by atoms with van der Waals surface area (Å²) in [5.74, 6) is 0.233. The molecular formula is C10H12ClN3O. The molecule has 0 spiro atoms. The van der Waals surface area contributed by atoms with Crippen molar-refractivity contribution < 1.29 is 4.79 Å². The van der Waals surface area contributed by atoms with E-state index >= 15 is 0 Å². The fraction of sp³-hybridized carbons (Fsp3) is 0.200. The molecule has 0 fully saturated rings. The molecule has 0 unspecified atom stereocenters. The maximum Gasteiger partial charge on any atom is 0.246 e. The monoisotopic (exact) mass is 225 g/mol. The van der Waals surface area contributed by atoms with Crippen LogP contribution >= 0.6 is 11.6 Å². The smallest absolute Gasteiger partial charge is 0.246 e. The first kappa shape index (κ1) is 11.5. The molecule has 4 nitrogen and oxygen atoms in total. The predicted molar refractivity (Wildman–Crippen MR) is 61.4 cm³/mol. The van der Waals surface area contributed by atoms with Gasteiger partial charge in [0.05, 0.1) is 5.02 Å². The van der Waals surface area contributed by atoms with E-state index in [1.54, 1.807) is 26.2 Å². The van der Waals surface area contributed by atoms with Crippen molar-refractivity contribution in [1.29, 1.82) is 0 Å².